The molecule has 0 aromatic heterocycles. The second kappa shape index (κ2) is 7.02. The van der Waals surface area contributed by atoms with E-state index in [-0.39, 0.29) is 29.0 Å². The summed E-state index contributed by atoms with van der Waals surface area (Å²) in [5.41, 5.74) is 0.393. The third-order valence-corrected chi connectivity index (χ3v) is 11.2. The van der Waals surface area contributed by atoms with Crippen molar-refractivity contribution in [1.29, 1.82) is 0 Å². The van der Waals surface area contributed by atoms with E-state index in [0.717, 1.165) is 19.3 Å². The summed E-state index contributed by atoms with van der Waals surface area (Å²) in [5.74, 6) is 1.98. The van der Waals surface area contributed by atoms with E-state index in [9.17, 15) is 4.79 Å². The summed E-state index contributed by atoms with van der Waals surface area (Å²) >= 11 is 0. The lowest BCUT2D eigenvalue weighted by molar-refractivity contribution is -0.300. The van der Waals surface area contributed by atoms with Crippen LogP contribution < -0.4 is 0 Å². The van der Waals surface area contributed by atoms with Gasteiger partial charge in [-0.3, -0.25) is 0 Å². The van der Waals surface area contributed by atoms with Crippen LogP contribution in [0.25, 0.3) is 0 Å². The molecule has 4 saturated carbocycles. The first-order valence-corrected chi connectivity index (χ1v) is 13.2. The maximum absolute atomic E-state index is 11.7. The predicted octanol–water partition coefficient (Wildman–Crippen LogP) is 4.96. The largest absolute Gasteiger partial charge is 0.347 e. The van der Waals surface area contributed by atoms with Crippen molar-refractivity contribution < 1.29 is 23.7 Å². The van der Waals surface area contributed by atoms with Gasteiger partial charge in [-0.1, -0.05) is 20.8 Å². The molecule has 6 aliphatic rings. The van der Waals surface area contributed by atoms with Crippen molar-refractivity contribution >= 4 is 6.29 Å². The first-order valence-electron chi connectivity index (χ1n) is 13.2. The monoisotopic (exact) mass is 446 g/mol. The Morgan fingerprint density at radius 3 is 2.28 bits per heavy atom. The molecule has 5 nitrogen and oxygen atoms in total. The maximum atomic E-state index is 11.7. The summed E-state index contributed by atoms with van der Waals surface area (Å²) in [5, 5.41) is 0. The third-order valence-electron chi connectivity index (χ3n) is 11.2. The first kappa shape index (κ1) is 22.0. The van der Waals surface area contributed by atoms with Crippen LogP contribution in [0.4, 0.5) is 0 Å². The molecule has 0 aromatic carbocycles. The van der Waals surface area contributed by atoms with Crippen molar-refractivity contribution in [3.8, 4) is 0 Å². The number of hydrogen-bond acceptors (Lipinski definition) is 5. The Hall–Kier alpha value is -0.490. The van der Waals surface area contributed by atoms with Gasteiger partial charge in [0, 0.05) is 18.3 Å². The summed E-state index contributed by atoms with van der Waals surface area (Å²) in [6.45, 7) is 12.7. The van der Waals surface area contributed by atoms with Crippen molar-refractivity contribution in [3.63, 3.8) is 0 Å². The van der Waals surface area contributed by atoms with Crippen molar-refractivity contribution in [1.82, 2.24) is 0 Å². The van der Waals surface area contributed by atoms with Crippen LogP contribution in [0, 0.1) is 46.3 Å². The molecule has 0 aromatic rings. The van der Waals surface area contributed by atoms with Gasteiger partial charge in [-0.2, -0.15) is 0 Å². The summed E-state index contributed by atoms with van der Waals surface area (Å²) in [6, 6.07) is 0. The lowest BCUT2D eigenvalue weighted by atomic mass is 9.43. The summed E-state index contributed by atoms with van der Waals surface area (Å²) in [7, 11) is 0. The highest BCUT2D eigenvalue weighted by molar-refractivity contribution is 5.53. The van der Waals surface area contributed by atoms with Gasteiger partial charge in [0.05, 0.1) is 25.4 Å². The summed E-state index contributed by atoms with van der Waals surface area (Å²) in [6.07, 6.45) is 9.48. The average molecular weight is 447 g/mol. The van der Waals surface area contributed by atoms with E-state index in [1.54, 1.807) is 0 Å². The third kappa shape index (κ3) is 2.86. The highest BCUT2D eigenvalue weighted by Gasteiger charge is 2.70. The average Bonchev–Trinajstić information content (AvgIpc) is 3.40. The second-order valence-corrected chi connectivity index (χ2v) is 13.0. The molecule has 1 spiro atoms. The lowest BCUT2D eigenvalue weighted by Gasteiger charge is -2.65. The number of fused-ring (bicyclic) bond motifs is 7. The molecule has 0 amide bonds. The van der Waals surface area contributed by atoms with E-state index in [0.29, 0.717) is 42.8 Å². The van der Waals surface area contributed by atoms with E-state index in [2.05, 4.69) is 34.6 Å². The minimum absolute atomic E-state index is 0.133. The van der Waals surface area contributed by atoms with Gasteiger partial charge in [-0.25, -0.2) is 0 Å². The zero-order chi connectivity index (χ0) is 22.5. The zero-order valence-corrected chi connectivity index (χ0v) is 20.6. The minimum atomic E-state index is -0.502. The van der Waals surface area contributed by atoms with Crippen molar-refractivity contribution in [3.05, 3.63) is 0 Å². The highest BCUT2D eigenvalue weighted by atomic mass is 16.8. The molecule has 6 fully saturated rings. The maximum Gasteiger partial charge on any atom is 0.172 e. The molecule has 0 N–H and O–H groups in total. The van der Waals surface area contributed by atoms with Crippen molar-refractivity contribution in [2.45, 2.75) is 103 Å². The van der Waals surface area contributed by atoms with E-state index in [1.165, 1.54) is 32.0 Å². The molecule has 0 unspecified atom stereocenters. The van der Waals surface area contributed by atoms with Crippen LogP contribution in [0.2, 0.25) is 0 Å². The quantitative estimate of drug-likeness (QED) is 0.561. The zero-order valence-electron chi connectivity index (χ0n) is 20.6. The van der Waals surface area contributed by atoms with Gasteiger partial charge in [-0.15, -0.1) is 0 Å². The fourth-order valence-corrected chi connectivity index (χ4v) is 10.1. The number of rotatable bonds is 2. The van der Waals surface area contributed by atoms with Crippen LogP contribution >= 0.6 is 0 Å². The van der Waals surface area contributed by atoms with Gasteiger partial charge in [0.2, 0.25) is 0 Å². The molecule has 2 heterocycles. The lowest BCUT2D eigenvalue weighted by Crippen LogP contribution is -2.65. The number of aldehydes is 1. The van der Waals surface area contributed by atoms with Crippen molar-refractivity contribution in [2.24, 2.45) is 46.3 Å². The summed E-state index contributed by atoms with van der Waals surface area (Å²) in [4.78, 5) is 11.7. The number of hydrogen-bond donors (Lipinski definition) is 0. The predicted molar refractivity (Wildman–Crippen MR) is 120 cm³/mol. The van der Waals surface area contributed by atoms with Gasteiger partial charge in [0.1, 0.15) is 6.29 Å². The fraction of sp³-hybridized carbons (Fsp3) is 0.963. The Bertz CT molecular complexity index is 774. The Labute approximate surface area is 193 Å². The smallest absolute Gasteiger partial charge is 0.172 e. The Balaban J connectivity index is 1.37. The molecule has 2 saturated heterocycles. The molecule has 0 bridgehead atoms. The van der Waals surface area contributed by atoms with Gasteiger partial charge in [0.15, 0.2) is 11.6 Å². The van der Waals surface area contributed by atoms with Gasteiger partial charge >= 0.3 is 0 Å². The molecule has 5 heteroatoms. The fourth-order valence-electron chi connectivity index (χ4n) is 10.1. The molecule has 32 heavy (non-hydrogen) atoms. The van der Waals surface area contributed by atoms with Crippen LogP contribution in [-0.4, -0.2) is 43.3 Å². The van der Waals surface area contributed by atoms with E-state index < -0.39 is 11.6 Å². The number of carbonyl (C=O) groups is 1. The van der Waals surface area contributed by atoms with Crippen LogP contribution in [0.1, 0.15) is 79.6 Å². The molecule has 2 aliphatic heterocycles. The normalized spacial score (nSPS) is 53.8. The SMILES string of the molecule is C[C@H](C=O)[C@H]1CC[C@H]2[C@@H]3CC4(OCCO4)[C@H]4C[C@@H]5OC(C)(C)O[C@@H]5C[C@]4(C)[C@H]3CC[C@]12C. The van der Waals surface area contributed by atoms with Gasteiger partial charge < -0.3 is 23.7 Å². The first-order chi connectivity index (χ1) is 15.1. The molecule has 10 atom stereocenters. The standard InChI is InChI=1S/C27H42O5/c1-16(15-28)18-6-7-19-17-13-27(29-10-11-30-27)23-12-21-22(32-24(2,3)31-21)14-26(23,5)20(17)8-9-25(18,19)4/h15-23H,6-14H2,1-5H3/t16-,17+,18-,19+,20+,21+,22-,23+,25-,26-/m1/s1. The Morgan fingerprint density at radius 1 is 0.875 bits per heavy atom. The van der Waals surface area contributed by atoms with Gasteiger partial charge in [-0.05, 0) is 86.9 Å². The molecule has 180 valence electrons. The van der Waals surface area contributed by atoms with Gasteiger partial charge in [0.25, 0.3) is 0 Å². The Morgan fingerprint density at radius 2 is 1.56 bits per heavy atom. The molecule has 6 rings (SSSR count). The molecule has 0 radical (unpaired) electrons. The van der Waals surface area contributed by atoms with E-state index >= 15 is 0 Å². The van der Waals surface area contributed by atoms with Crippen LogP contribution in [0.3, 0.4) is 0 Å². The van der Waals surface area contributed by atoms with Crippen molar-refractivity contribution in [2.75, 3.05) is 13.2 Å². The van der Waals surface area contributed by atoms with Crippen LogP contribution in [0.5, 0.6) is 0 Å². The topological polar surface area (TPSA) is 54.0 Å². The molecule has 4 aliphatic carbocycles. The van der Waals surface area contributed by atoms with E-state index in [4.69, 9.17) is 18.9 Å². The molecular formula is C27H42O5. The van der Waals surface area contributed by atoms with E-state index in [1.807, 2.05) is 0 Å². The second-order valence-electron chi connectivity index (χ2n) is 13.0. The highest BCUT2D eigenvalue weighted by Crippen LogP contribution is 2.71. The molecular weight excluding hydrogens is 404 g/mol. The number of carbonyl (C=O) groups excluding carboxylic acids is 1. The summed E-state index contributed by atoms with van der Waals surface area (Å²) < 4.78 is 25.9. The minimum Gasteiger partial charge on any atom is -0.347 e. The van der Waals surface area contributed by atoms with Crippen LogP contribution in [0.15, 0.2) is 0 Å². The Kier molecular flexibility index (Phi) is 4.83. The number of ether oxygens (including phenoxy) is 4. The van der Waals surface area contributed by atoms with Crippen LogP contribution in [-0.2, 0) is 23.7 Å².